The number of thiophene rings is 1. The molecule has 0 saturated heterocycles. The summed E-state index contributed by atoms with van der Waals surface area (Å²) in [5.74, 6) is -4.99. The topological polar surface area (TPSA) is 49.3 Å². The van der Waals surface area contributed by atoms with Gasteiger partial charge >= 0.3 is 5.92 Å². The summed E-state index contributed by atoms with van der Waals surface area (Å²) in [6.07, 6.45) is 1.25. The molecule has 2 rings (SSSR count). The number of hydrogen-bond acceptors (Lipinski definition) is 3. The van der Waals surface area contributed by atoms with Crippen molar-refractivity contribution >= 4 is 17.2 Å². The number of carbonyl (C=O) groups is 1. The maximum atomic E-state index is 13.8. The van der Waals surface area contributed by atoms with Gasteiger partial charge in [-0.2, -0.15) is 8.78 Å². The molecule has 1 aromatic rings. The minimum atomic E-state index is -3.70. The van der Waals surface area contributed by atoms with Gasteiger partial charge in [-0.25, -0.2) is 0 Å². The Hall–Kier alpha value is -1.01. The van der Waals surface area contributed by atoms with Crippen molar-refractivity contribution in [1.29, 1.82) is 0 Å². The number of amides is 1. The van der Waals surface area contributed by atoms with Crippen LogP contribution in [-0.4, -0.2) is 29.1 Å². The van der Waals surface area contributed by atoms with Crippen LogP contribution in [0, 0.1) is 5.92 Å². The molecule has 1 aromatic heterocycles. The predicted molar refractivity (Wildman–Crippen MR) is 73.9 cm³/mol. The van der Waals surface area contributed by atoms with E-state index < -0.39 is 17.4 Å². The monoisotopic (exact) mass is 303 g/mol. The summed E-state index contributed by atoms with van der Waals surface area (Å²) < 4.78 is 27.6. The van der Waals surface area contributed by atoms with Crippen molar-refractivity contribution in [2.45, 2.75) is 44.1 Å². The second-order valence-electron chi connectivity index (χ2n) is 5.56. The first-order valence-electron chi connectivity index (χ1n) is 6.76. The smallest absolute Gasteiger partial charge is 0.352 e. The van der Waals surface area contributed by atoms with Crippen LogP contribution in [0.25, 0.3) is 0 Å². The van der Waals surface area contributed by atoms with E-state index in [1.807, 2.05) is 24.4 Å². The van der Waals surface area contributed by atoms with E-state index in [1.165, 1.54) is 0 Å². The summed E-state index contributed by atoms with van der Waals surface area (Å²) in [6, 6.07) is 3.92. The maximum Gasteiger partial charge on any atom is 0.352 e. The highest BCUT2D eigenvalue weighted by molar-refractivity contribution is 7.09. The molecule has 3 nitrogen and oxygen atoms in total. The molecular weight excluding hydrogens is 284 g/mol. The Kier molecular flexibility index (Phi) is 4.44. The Balaban J connectivity index is 1.82. The van der Waals surface area contributed by atoms with Gasteiger partial charge in [0.1, 0.15) is 5.60 Å². The molecule has 1 amide bonds. The van der Waals surface area contributed by atoms with Crippen molar-refractivity contribution in [2.24, 2.45) is 5.92 Å². The van der Waals surface area contributed by atoms with Gasteiger partial charge in [-0.15, -0.1) is 11.3 Å². The third kappa shape index (κ3) is 3.01. The van der Waals surface area contributed by atoms with Gasteiger partial charge in [-0.05, 0) is 43.0 Å². The highest BCUT2D eigenvalue weighted by Crippen LogP contribution is 2.44. The Morgan fingerprint density at radius 3 is 2.80 bits per heavy atom. The number of aliphatic hydroxyl groups is 1. The molecule has 1 atom stereocenters. The molecule has 2 N–H and O–H groups in total. The lowest BCUT2D eigenvalue weighted by Gasteiger charge is -2.41. The molecule has 0 bridgehead atoms. The van der Waals surface area contributed by atoms with Gasteiger partial charge in [0.25, 0.3) is 5.91 Å². The summed E-state index contributed by atoms with van der Waals surface area (Å²) in [6.45, 7) is 2.08. The summed E-state index contributed by atoms with van der Waals surface area (Å²) in [5.41, 5.74) is -2.14. The van der Waals surface area contributed by atoms with E-state index in [-0.39, 0.29) is 25.3 Å². The fraction of sp³-hybridized carbons (Fsp3) is 0.643. The standard InChI is InChI=1S/C14H19F2NO2S/c1-10(8-11-4-2-7-20-11)9-17-12(18)14(15,16)13(19)5-3-6-13/h2,4,7,10,19H,3,5-6,8-9H2,1H3,(H,17,18). The molecule has 0 aliphatic heterocycles. The third-order valence-corrected chi connectivity index (χ3v) is 4.69. The Labute approximate surface area is 121 Å². The highest BCUT2D eigenvalue weighted by Gasteiger charge is 2.61. The Morgan fingerprint density at radius 2 is 2.30 bits per heavy atom. The first-order chi connectivity index (χ1) is 9.35. The van der Waals surface area contributed by atoms with E-state index in [9.17, 15) is 18.7 Å². The minimum Gasteiger partial charge on any atom is -0.383 e. The molecule has 1 heterocycles. The summed E-state index contributed by atoms with van der Waals surface area (Å²) >= 11 is 1.61. The minimum absolute atomic E-state index is 0.0157. The number of hydrogen-bond donors (Lipinski definition) is 2. The molecule has 20 heavy (non-hydrogen) atoms. The van der Waals surface area contributed by atoms with Crippen LogP contribution in [0.3, 0.4) is 0 Å². The van der Waals surface area contributed by atoms with Crippen LogP contribution in [0.5, 0.6) is 0 Å². The fourth-order valence-corrected chi connectivity index (χ4v) is 3.13. The van der Waals surface area contributed by atoms with Crippen LogP contribution in [0.2, 0.25) is 0 Å². The van der Waals surface area contributed by atoms with Gasteiger partial charge < -0.3 is 10.4 Å². The first kappa shape index (κ1) is 15.4. The van der Waals surface area contributed by atoms with Gasteiger partial charge in [-0.1, -0.05) is 13.0 Å². The van der Waals surface area contributed by atoms with E-state index in [0.29, 0.717) is 6.42 Å². The van der Waals surface area contributed by atoms with Crippen LogP contribution >= 0.6 is 11.3 Å². The molecule has 1 saturated carbocycles. The number of carbonyl (C=O) groups excluding carboxylic acids is 1. The van der Waals surface area contributed by atoms with Crippen LogP contribution < -0.4 is 5.32 Å². The zero-order chi connectivity index (χ0) is 14.8. The van der Waals surface area contributed by atoms with E-state index in [0.717, 1.165) is 11.3 Å². The zero-order valence-electron chi connectivity index (χ0n) is 11.4. The van der Waals surface area contributed by atoms with Crippen LogP contribution in [0.15, 0.2) is 17.5 Å². The van der Waals surface area contributed by atoms with Crippen molar-refractivity contribution in [1.82, 2.24) is 5.32 Å². The quantitative estimate of drug-likeness (QED) is 0.848. The number of halogens is 2. The van der Waals surface area contributed by atoms with E-state index in [2.05, 4.69) is 5.32 Å². The SMILES string of the molecule is CC(CNC(=O)C(F)(F)C1(O)CCC1)Cc1cccs1. The molecule has 0 aromatic carbocycles. The van der Waals surface area contributed by atoms with E-state index in [4.69, 9.17) is 0 Å². The van der Waals surface area contributed by atoms with Gasteiger partial charge in [0.05, 0.1) is 0 Å². The molecule has 1 aliphatic rings. The van der Waals surface area contributed by atoms with Gasteiger partial charge in [0.15, 0.2) is 0 Å². The molecule has 1 unspecified atom stereocenters. The maximum absolute atomic E-state index is 13.8. The second-order valence-corrected chi connectivity index (χ2v) is 6.59. The molecule has 1 fully saturated rings. The van der Waals surface area contributed by atoms with Crippen LogP contribution in [-0.2, 0) is 11.2 Å². The highest BCUT2D eigenvalue weighted by atomic mass is 32.1. The van der Waals surface area contributed by atoms with Crippen molar-refractivity contribution < 1.29 is 18.7 Å². The van der Waals surface area contributed by atoms with Gasteiger partial charge in [0.2, 0.25) is 0 Å². The number of rotatable bonds is 6. The lowest BCUT2D eigenvalue weighted by Crippen LogP contribution is -2.61. The molecule has 0 spiro atoms. The molecule has 112 valence electrons. The van der Waals surface area contributed by atoms with Gasteiger partial charge in [0, 0.05) is 11.4 Å². The van der Waals surface area contributed by atoms with Crippen LogP contribution in [0.4, 0.5) is 8.78 Å². The zero-order valence-corrected chi connectivity index (χ0v) is 12.2. The Bertz CT molecular complexity index is 458. The average molecular weight is 303 g/mol. The first-order valence-corrected chi connectivity index (χ1v) is 7.64. The van der Waals surface area contributed by atoms with Crippen molar-refractivity contribution in [3.8, 4) is 0 Å². The summed E-state index contributed by atoms with van der Waals surface area (Å²) in [5, 5.41) is 13.9. The number of nitrogens with one attached hydrogen (secondary N) is 1. The third-order valence-electron chi connectivity index (χ3n) is 3.79. The molecule has 1 aliphatic carbocycles. The summed E-state index contributed by atoms with van der Waals surface area (Å²) in [4.78, 5) is 12.8. The lowest BCUT2D eigenvalue weighted by atomic mass is 9.75. The number of alkyl halides is 2. The Morgan fingerprint density at radius 1 is 1.60 bits per heavy atom. The van der Waals surface area contributed by atoms with Crippen LogP contribution in [0.1, 0.15) is 31.1 Å². The van der Waals surface area contributed by atoms with E-state index in [1.54, 1.807) is 11.3 Å². The lowest BCUT2D eigenvalue weighted by molar-refractivity contribution is -0.216. The summed E-state index contributed by atoms with van der Waals surface area (Å²) in [7, 11) is 0. The molecule has 0 radical (unpaired) electrons. The predicted octanol–water partition coefficient (Wildman–Crippen LogP) is 2.59. The van der Waals surface area contributed by atoms with Crippen molar-refractivity contribution in [3.63, 3.8) is 0 Å². The molecule has 6 heteroatoms. The van der Waals surface area contributed by atoms with Gasteiger partial charge in [-0.3, -0.25) is 4.79 Å². The second kappa shape index (κ2) is 5.77. The molecular formula is C14H19F2NO2S. The normalized spacial score (nSPS) is 19.2. The van der Waals surface area contributed by atoms with E-state index >= 15 is 0 Å². The fourth-order valence-electron chi connectivity index (χ4n) is 2.26. The average Bonchev–Trinajstić information content (AvgIpc) is 2.85. The van der Waals surface area contributed by atoms with Crippen molar-refractivity contribution in [2.75, 3.05) is 6.54 Å². The largest absolute Gasteiger partial charge is 0.383 e. The van der Waals surface area contributed by atoms with Crippen molar-refractivity contribution in [3.05, 3.63) is 22.4 Å².